The number of amides is 1. The van der Waals surface area contributed by atoms with Gasteiger partial charge in [0.15, 0.2) is 5.78 Å². The number of Topliss-reactive ketones (excluding diaryl/α,β-unsaturated/α-hetero) is 1. The molecule has 0 bridgehead atoms. The van der Waals surface area contributed by atoms with Crippen LogP contribution >= 0.6 is 0 Å². The molecule has 5 rings (SSSR count). The second-order valence-corrected chi connectivity index (χ2v) is 9.22. The van der Waals surface area contributed by atoms with Crippen LogP contribution in [-0.2, 0) is 13.1 Å². The van der Waals surface area contributed by atoms with E-state index in [1.165, 1.54) is 11.8 Å². The molecule has 2 aliphatic heterocycles. The number of nitrogens with one attached hydrogen (secondary N) is 2. The van der Waals surface area contributed by atoms with Gasteiger partial charge in [0.1, 0.15) is 11.4 Å². The van der Waals surface area contributed by atoms with Gasteiger partial charge in [0.05, 0.1) is 11.1 Å². The van der Waals surface area contributed by atoms with Gasteiger partial charge in [0.2, 0.25) is 0 Å². The maximum atomic E-state index is 13.4. The van der Waals surface area contributed by atoms with Gasteiger partial charge in [-0.3, -0.25) is 14.7 Å². The number of nitrogens with zero attached hydrogens (tertiary/aromatic N) is 3. The first-order valence-electron chi connectivity index (χ1n) is 12.2. The average molecular weight is 462 g/mol. The van der Waals surface area contributed by atoms with Gasteiger partial charge in [0, 0.05) is 62.8 Å². The van der Waals surface area contributed by atoms with E-state index in [2.05, 4.69) is 45.5 Å². The number of unbranched alkanes of at least 4 members (excludes halogenated alkanes) is 2. The predicted molar refractivity (Wildman–Crippen MR) is 131 cm³/mol. The van der Waals surface area contributed by atoms with Crippen molar-refractivity contribution in [3.05, 3.63) is 52.7 Å². The number of aromatic nitrogens is 2. The monoisotopic (exact) mass is 461 g/mol. The zero-order valence-corrected chi connectivity index (χ0v) is 19.6. The fourth-order valence-corrected chi connectivity index (χ4v) is 4.91. The van der Waals surface area contributed by atoms with E-state index in [1.807, 2.05) is 0 Å². The minimum atomic E-state index is -0.245. The molecule has 3 heterocycles. The van der Waals surface area contributed by atoms with Gasteiger partial charge in [-0.2, -0.15) is 5.10 Å². The minimum Gasteiger partial charge on any atom is -0.507 e. The first kappa shape index (κ1) is 22.4. The SMILES string of the molecule is CCCCCC(=O)c1n[nH]c2cc(O)c(C(=O)N3Cc4ccc(N5CCNCC5)cc4C3)cc12. The Morgan fingerprint density at radius 3 is 2.65 bits per heavy atom. The van der Waals surface area contributed by atoms with Gasteiger partial charge >= 0.3 is 0 Å². The van der Waals surface area contributed by atoms with E-state index >= 15 is 0 Å². The van der Waals surface area contributed by atoms with Crippen LogP contribution in [0.15, 0.2) is 30.3 Å². The van der Waals surface area contributed by atoms with Crippen LogP contribution in [0.1, 0.15) is 64.6 Å². The molecule has 8 nitrogen and oxygen atoms in total. The Morgan fingerprint density at radius 2 is 1.85 bits per heavy atom. The number of phenols is 1. The third-order valence-corrected chi connectivity index (χ3v) is 6.86. The highest BCUT2D eigenvalue weighted by Crippen LogP contribution is 2.32. The highest BCUT2D eigenvalue weighted by atomic mass is 16.3. The number of H-pyrrole nitrogens is 1. The molecule has 2 aliphatic rings. The third-order valence-electron chi connectivity index (χ3n) is 6.86. The molecule has 0 spiro atoms. The average Bonchev–Trinajstić information content (AvgIpc) is 3.47. The van der Waals surface area contributed by atoms with Crippen LogP contribution in [0.4, 0.5) is 5.69 Å². The molecule has 0 atom stereocenters. The van der Waals surface area contributed by atoms with E-state index in [9.17, 15) is 14.7 Å². The summed E-state index contributed by atoms with van der Waals surface area (Å²) in [7, 11) is 0. The van der Waals surface area contributed by atoms with Crippen LogP contribution < -0.4 is 10.2 Å². The van der Waals surface area contributed by atoms with Crippen molar-refractivity contribution in [3.8, 4) is 5.75 Å². The van der Waals surface area contributed by atoms with Crippen LogP contribution in [0.5, 0.6) is 5.75 Å². The molecule has 2 aromatic carbocycles. The fourth-order valence-electron chi connectivity index (χ4n) is 4.91. The van der Waals surface area contributed by atoms with Crippen LogP contribution in [0.25, 0.3) is 10.9 Å². The number of hydrogen-bond donors (Lipinski definition) is 3. The minimum absolute atomic E-state index is 0.0437. The van der Waals surface area contributed by atoms with Crippen LogP contribution in [0.3, 0.4) is 0 Å². The first-order chi connectivity index (χ1) is 16.5. The number of anilines is 1. The van der Waals surface area contributed by atoms with Crippen molar-refractivity contribution in [2.24, 2.45) is 0 Å². The predicted octanol–water partition coefficient (Wildman–Crippen LogP) is 3.60. The molecule has 0 saturated carbocycles. The Hall–Kier alpha value is -3.39. The second-order valence-electron chi connectivity index (χ2n) is 9.22. The topological polar surface area (TPSA) is 102 Å². The molecule has 3 aromatic rings. The summed E-state index contributed by atoms with van der Waals surface area (Å²) < 4.78 is 0. The van der Waals surface area contributed by atoms with Gasteiger partial charge in [-0.25, -0.2) is 0 Å². The Morgan fingerprint density at radius 1 is 1.06 bits per heavy atom. The van der Waals surface area contributed by atoms with Crippen molar-refractivity contribution in [2.75, 3.05) is 31.1 Å². The lowest BCUT2D eigenvalue weighted by Crippen LogP contribution is -2.43. The van der Waals surface area contributed by atoms with Crippen molar-refractivity contribution < 1.29 is 14.7 Å². The maximum absolute atomic E-state index is 13.4. The first-order valence-corrected chi connectivity index (χ1v) is 12.2. The zero-order valence-electron chi connectivity index (χ0n) is 19.6. The Bertz CT molecular complexity index is 1230. The molecular formula is C26H31N5O3. The molecule has 1 fully saturated rings. The van der Waals surface area contributed by atoms with Crippen LogP contribution in [-0.4, -0.2) is 58.1 Å². The number of piperazine rings is 1. The molecule has 0 unspecified atom stereocenters. The highest BCUT2D eigenvalue weighted by molar-refractivity contribution is 6.09. The van der Waals surface area contributed by atoms with Gasteiger partial charge in [-0.15, -0.1) is 0 Å². The number of carbonyl (C=O) groups excluding carboxylic acids is 2. The maximum Gasteiger partial charge on any atom is 0.258 e. The number of ketones is 1. The standard InChI is InChI=1S/C26H31N5O3/c1-2-3-4-5-23(32)25-20-13-21(24(33)14-22(20)28-29-25)26(34)31-15-17-6-7-19(12-18(17)16-31)30-10-8-27-9-11-30/h6-7,12-14,27,33H,2-5,8-11,15-16H2,1H3,(H,28,29). The molecule has 0 aliphatic carbocycles. The normalized spacial score (nSPS) is 15.7. The van der Waals surface area contributed by atoms with E-state index < -0.39 is 0 Å². The van der Waals surface area contributed by atoms with Crippen molar-refractivity contribution in [3.63, 3.8) is 0 Å². The number of benzene rings is 2. The highest BCUT2D eigenvalue weighted by Gasteiger charge is 2.28. The van der Waals surface area contributed by atoms with Crippen molar-refractivity contribution in [2.45, 2.75) is 45.7 Å². The fraction of sp³-hybridized carbons (Fsp3) is 0.423. The molecule has 1 aromatic heterocycles. The largest absolute Gasteiger partial charge is 0.507 e. The van der Waals surface area contributed by atoms with Gasteiger partial charge < -0.3 is 20.2 Å². The van der Waals surface area contributed by atoms with Gasteiger partial charge in [0.25, 0.3) is 5.91 Å². The van der Waals surface area contributed by atoms with Crippen molar-refractivity contribution in [1.29, 1.82) is 0 Å². The Kier molecular flexibility index (Phi) is 6.24. The summed E-state index contributed by atoms with van der Waals surface area (Å²) in [5, 5.41) is 21.6. The van der Waals surface area contributed by atoms with Gasteiger partial charge in [-0.05, 0) is 35.7 Å². The lowest BCUT2D eigenvalue weighted by molar-refractivity contribution is 0.0748. The molecule has 1 saturated heterocycles. The number of aromatic amines is 1. The quantitative estimate of drug-likeness (QED) is 0.367. The molecule has 8 heteroatoms. The number of aromatic hydroxyl groups is 1. The summed E-state index contributed by atoms with van der Waals surface area (Å²) in [6.07, 6.45) is 3.27. The lowest BCUT2D eigenvalue weighted by Gasteiger charge is -2.29. The van der Waals surface area contributed by atoms with E-state index in [0.717, 1.165) is 56.6 Å². The number of rotatable bonds is 7. The number of hydrogen-bond acceptors (Lipinski definition) is 6. The molecule has 1 amide bonds. The van der Waals surface area contributed by atoms with Crippen molar-refractivity contribution >= 4 is 28.3 Å². The summed E-state index contributed by atoms with van der Waals surface area (Å²) in [6, 6.07) is 9.51. The summed E-state index contributed by atoms with van der Waals surface area (Å²) in [5.74, 6) is -0.397. The van der Waals surface area contributed by atoms with E-state index in [0.29, 0.717) is 36.1 Å². The Labute approximate surface area is 198 Å². The molecule has 0 radical (unpaired) electrons. The molecular weight excluding hydrogens is 430 g/mol. The zero-order chi connectivity index (χ0) is 23.7. The smallest absolute Gasteiger partial charge is 0.258 e. The molecule has 3 N–H and O–H groups in total. The summed E-state index contributed by atoms with van der Waals surface area (Å²) in [6.45, 7) is 6.99. The van der Waals surface area contributed by atoms with Crippen molar-refractivity contribution in [1.82, 2.24) is 20.4 Å². The molecule has 34 heavy (non-hydrogen) atoms. The van der Waals surface area contributed by atoms with E-state index in [4.69, 9.17) is 0 Å². The summed E-state index contributed by atoms with van der Waals surface area (Å²) >= 11 is 0. The van der Waals surface area contributed by atoms with E-state index in [1.54, 1.807) is 11.0 Å². The van der Waals surface area contributed by atoms with Gasteiger partial charge in [-0.1, -0.05) is 25.8 Å². The summed E-state index contributed by atoms with van der Waals surface area (Å²) in [5.41, 5.74) is 4.54. The number of phenolic OH excluding ortho intramolecular Hbond substituents is 1. The molecule has 178 valence electrons. The second kappa shape index (κ2) is 9.46. The van der Waals surface area contributed by atoms with E-state index in [-0.39, 0.29) is 23.0 Å². The number of carbonyl (C=O) groups is 2. The summed E-state index contributed by atoms with van der Waals surface area (Å²) in [4.78, 5) is 30.2. The third kappa shape index (κ3) is 4.25. The van der Waals surface area contributed by atoms with Crippen LogP contribution in [0, 0.1) is 0 Å². The number of fused-ring (bicyclic) bond motifs is 2. The van der Waals surface area contributed by atoms with Crippen LogP contribution in [0.2, 0.25) is 0 Å². The Balaban J connectivity index is 1.36. The lowest BCUT2D eigenvalue weighted by atomic mass is 10.0.